The SMILES string of the molecule is C=C[C@](C)(O)[C@@H](C/C=C(\C)CCC=C(C)C)P(=O)(c1ccccc1)c1ccccc1. The standard InChI is InChI=1S/C27H35O2P/c1-6-27(5,28)26(21-20-23(4)15-13-14-22(2)3)30(29,24-16-9-7-10-17-24)25-18-11-8-12-19-25/h6-12,14,16-20,26,28H,1,13,15,21H2,2-5H3/b23-20+/t26-,27+/m1/s1. The molecule has 3 heteroatoms. The predicted octanol–water partition coefficient (Wildman–Crippen LogP) is 6.39. The van der Waals surface area contributed by atoms with Crippen LogP contribution in [0, 0.1) is 0 Å². The number of benzene rings is 2. The maximum absolute atomic E-state index is 14.8. The summed E-state index contributed by atoms with van der Waals surface area (Å²) >= 11 is 0. The fourth-order valence-electron chi connectivity index (χ4n) is 3.70. The third kappa shape index (κ3) is 5.94. The van der Waals surface area contributed by atoms with Gasteiger partial charge < -0.3 is 9.67 Å². The highest BCUT2D eigenvalue weighted by Crippen LogP contribution is 2.54. The van der Waals surface area contributed by atoms with Crippen LogP contribution in [0.15, 0.2) is 96.6 Å². The van der Waals surface area contributed by atoms with E-state index in [1.54, 1.807) is 6.92 Å². The quantitative estimate of drug-likeness (QED) is 0.356. The topological polar surface area (TPSA) is 37.3 Å². The third-order valence-corrected chi connectivity index (χ3v) is 9.33. The Morgan fingerprint density at radius 3 is 1.93 bits per heavy atom. The molecule has 0 radical (unpaired) electrons. The number of hydrogen-bond donors (Lipinski definition) is 1. The van der Waals surface area contributed by atoms with E-state index in [0.29, 0.717) is 6.42 Å². The van der Waals surface area contributed by atoms with Gasteiger partial charge in [-0.25, -0.2) is 0 Å². The van der Waals surface area contributed by atoms with Gasteiger partial charge in [0, 0.05) is 10.6 Å². The lowest BCUT2D eigenvalue weighted by Crippen LogP contribution is -2.42. The molecule has 0 saturated carbocycles. The fourth-order valence-corrected chi connectivity index (χ4v) is 7.19. The number of aliphatic hydroxyl groups is 1. The molecular weight excluding hydrogens is 387 g/mol. The molecule has 30 heavy (non-hydrogen) atoms. The monoisotopic (exact) mass is 422 g/mol. The van der Waals surface area contributed by atoms with Gasteiger partial charge in [-0.3, -0.25) is 0 Å². The summed E-state index contributed by atoms with van der Waals surface area (Å²) in [6, 6.07) is 19.1. The van der Waals surface area contributed by atoms with Crippen molar-refractivity contribution in [3.8, 4) is 0 Å². The van der Waals surface area contributed by atoms with Gasteiger partial charge in [0.2, 0.25) is 0 Å². The summed E-state index contributed by atoms with van der Waals surface area (Å²) in [6.07, 6.45) is 8.36. The second-order valence-corrected chi connectivity index (χ2v) is 11.4. The highest BCUT2D eigenvalue weighted by Gasteiger charge is 2.44. The summed E-state index contributed by atoms with van der Waals surface area (Å²) in [6.45, 7) is 11.9. The molecule has 0 unspecified atom stereocenters. The van der Waals surface area contributed by atoms with E-state index < -0.39 is 18.4 Å². The van der Waals surface area contributed by atoms with Crippen LogP contribution in [0.1, 0.15) is 47.0 Å². The van der Waals surface area contributed by atoms with Gasteiger partial charge in [0.05, 0.1) is 11.3 Å². The largest absolute Gasteiger partial charge is 0.385 e. The zero-order chi connectivity index (χ0) is 22.2. The molecule has 0 aliphatic heterocycles. The van der Waals surface area contributed by atoms with Gasteiger partial charge in [0.15, 0.2) is 0 Å². The third-order valence-electron chi connectivity index (χ3n) is 5.59. The summed E-state index contributed by atoms with van der Waals surface area (Å²) in [5.74, 6) is 0. The van der Waals surface area contributed by atoms with Gasteiger partial charge >= 0.3 is 0 Å². The Bertz CT molecular complexity index is 876. The van der Waals surface area contributed by atoms with Crippen molar-refractivity contribution in [2.24, 2.45) is 0 Å². The molecule has 2 rings (SSSR count). The molecule has 2 aromatic carbocycles. The average molecular weight is 423 g/mol. The summed E-state index contributed by atoms with van der Waals surface area (Å²) in [7, 11) is -3.15. The zero-order valence-corrected chi connectivity index (χ0v) is 19.6. The van der Waals surface area contributed by atoms with Crippen molar-refractivity contribution in [3.05, 3.63) is 96.6 Å². The van der Waals surface area contributed by atoms with Gasteiger partial charge in [0.1, 0.15) is 7.14 Å². The molecule has 0 heterocycles. The molecule has 2 aromatic rings. The van der Waals surface area contributed by atoms with E-state index in [0.717, 1.165) is 23.5 Å². The van der Waals surface area contributed by atoms with Gasteiger partial charge in [-0.1, -0.05) is 90.0 Å². The van der Waals surface area contributed by atoms with Gasteiger partial charge in [-0.2, -0.15) is 0 Å². The number of allylic oxidation sites excluding steroid dienone is 4. The highest BCUT2D eigenvalue weighted by atomic mass is 31.2. The first-order valence-electron chi connectivity index (χ1n) is 10.6. The molecule has 0 amide bonds. The average Bonchev–Trinajstić information content (AvgIpc) is 2.74. The Morgan fingerprint density at radius 1 is 1.00 bits per heavy atom. The fraction of sp³-hybridized carbons (Fsp3) is 0.333. The first-order valence-corrected chi connectivity index (χ1v) is 12.4. The summed E-state index contributed by atoms with van der Waals surface area (Å²) in [5, 5.41) is 12.8. The molecule has 0 saturated heterocycles. The summed E-state index contributed by atoms with van der Waals surface area (Å²) in [5.41, 5.74) is 0.765. The van der Waals surface area contributed by atoms with Gasteiger partial charge in [0.25, 0.3) is 0 Å². The van der Waals surface area contributed by atoms with Crippen LogP contribution < -0.4 is 10.6 Å². The minimum atomic E-state index is -3.15. The molecule has 0 aromatic heterocycles. The summed E-state index contributed by atoms with van der Waals surface area (Å²) < 4.78 is 14.8. The van der Waals surface area contributed by atoms with Crippen molar-refractivity contribution in [1.82, 2.24) is 0 Å². The zero-order valence-electron chi connectivity index (χ0n) is 18.7. The minimum Gasteiger partial charge on any atom is -0.385 e. The van der Waals surface area contributed by atoms with E-state index in [9.17, 15) is 9.67 Å². The van der Waals surface area contributed by atoms with E-state index in [1.165, 1.54) is 17.2 Å². The van der Waals surface area contributed by atoms with Crippen molar-refractivity contribution in [3.63, 3.8) is 0 Å². The molecule has 0 aliphatic rings. The Labute approximate surface area is 182 Å². The lowest BCUT2D eigenvalue weighted by molar-refractivity contribution is 0.107. The lowest BCUT2D eigenvalue weighted by Gasteiger charge is -2.37. The number of rotatable bonds is 10. The van der Waals surface area contributed by atoms with Crippen LogP contribution in [0.3, 0.4) is 0 Å². The molecule has 2 atom stereocenters. The first-order chi connectivity index (χ1) is 14.2. The van der Waals surface area contributed by atoms with Crippen molar-refractivity contribution in [2.45, 2.75) is 58.2 Å². The van der Waals surface area contributed by atoms with E-state index in [2.05, 4.69) is 39.5 Å². The maximum Gasteiger partial charge on any atom is 0.149 e. The van der Waals surface area contributed by atoms with E-state index in [-0.39, 0.29) is 0 Å². The molecule has 0 bridgehead atoms. The second-order valence-electron chi connectivity index (χ2n) is 8.38. The van der Waals surface area contributed by atoms with Gasteiger partial charge in [-0.15, -0.1) is 6.58 Å². The second kappa shape index (κ2) is 10.8. The molecule has 1 N–H and O–H groups in total. The van der Waals surface area contributed by atoms with Crippen molar-refractivity contribution < 1.29 is 9.67 Å². The first kappa shape index (κ1) is 24.1. The maximum atomic E-state index is 14.8. The highest BCUT2D eigenvalue weighted by molar-refractivity contribution is 7.79. The molecule has 160 valence electrons. The molecule has 0 spiro atoms. The van der Waals surface area contributed by atoms with Crippen LogP contribution >= 0.6 is 7.14 Å². The number of hydrogen-bond acceptors (Lipinski definition) is 2. The molecule has 0 fully saturated rings. The van der Waals surface area contributed by atoms with Crippen molar-refractivity contribution in [2.75, 3.05) is 0 Å². The smallest absolute Gasteiger partial charge is 0.149 e. The normalized spacial score (nSPS) is 15.2. The van der Waals surface area contributed by atoms with Crippen LogP contribution in [-0.2, 0) is 4.57 Å². The molecule has 0 aliphatic carbocycles. The van der Waals surface area contributed by atoms with Crippen LogP contribution in [0.2, 0.25) is 0 Å². The molecule has 2 nitrogen and oxygen atoms in total. The summed E-state index contributed by atoms with van der Waals surface area (Å²) in [4.78, 5) is 0. The van der Waals surface area contributed by atoms with E-state index >= 15 is 0 Å². The Morgan fingerprint density at radius 2 is 1.50 bits per heavy atom. The predicted molar refractivity (Wildman–Crippen MR) is 131 cm³/mol. The van der Waals surface area contributed by atoms with Crippen LogP contribution in [-0.4, -0.2) is 16.4 Å². The molecular formula is C27H35O2P. The van der Waals surface area contributed by atoms with E-state index in [4.69, 9.17) is 0 Å². The Hall–Kier alpha value is -2.15. The van der Waals surface area contributed by atoms with E-state index in [1.807, 2.05) is 60.7 Å². The van der Waals surface area contributed by atoms with Crippen LogP contribution in [0.5, 0.6) is 0 Å². The van der Waals surface area contributed by atoms with Crippen molar-refractivity contribution >= 4 is 17.8 Å². The Balaban J connectivity index is 2.52. The Kier molecular flexibility index (Phi) is 8.65. The van der Waals surface area contributed by atoms with Gasteiger partial charge in [-0.05, 0) is 47.0 Å². The van der Waals surface area contributed by atoms with Crippen LogP contribution in [0.4, 0.5) is 0 Å². The van der Waals surface area contributed by atoms with Crippen molar-refractivity contribution in [1.29, 1.82) is 0 Å². The minimum absolute atomic E-state index is 0.509. The lowest BCUT2D eigenvalue weighted by atomic mass is 9.98. The van der Waals surface area contributed by atoms with Crippen LogP contribution in [0.25, 0.3) is 0 Å².